The first-order chi connectivity index (χ1) is 30.5. The lowest BCUT2D eigenvalue weighted by molar-refractivity contribution is 0.660. The van der Waals surface area contributed by atoms with Crippen LogP contribution in [-0.4, -0.2) is 0 Å². The minimum Gasteiger partial charge on any atom is -0.309 e. The summed E-state index contributed by atoms with van der Waals surface area (Å²) in [6, 6.07) is 83.1. The van der Waals surface area contributed by atoms with Crippen molar-refractivity contribution in [1.82, 2.24) is 0 Å². The van der Waals surface area contributed by atoms with E-state index in [1.54, 1.807) is 0 Å². The van der Waals surface area contributed by atoms with Crippen LogP contribution in [0.5, 0.6) is 0 Å². The molecule has 0 atom stereocenters. The first-order valence-electron chi connectivity index (χ1n) is 21.7. The zero-order valence-electron chi connectivity index (χ0n) is 34.8. The van der Waals surface area contributed by atoms with Crippen LogP contribution in [0.15, 0.2) is 224 Å². The fourth-order valence-electron chi connectivity index (χ4n) is 10.4. The van der Waals surface area contributed by atoms with E-state index in [2.05, 4.69) is 243 Å². The molecule has 11 aromatic rings. The van der Waals surface area contributed by atoms with Crippen LogP contribution in [0.1, 0.15) is 25.0 Å². The average molecular weight is 790 g/mol. The van der Waals surface area contributed by atoms with Gasteiger partial charge in [-0.05, 0) is 124 Å². The van der Waals surface area contributed by atoms with Crippen molar-refractivity contribution in [3.05, 3.63) is 236 Å². The van der Waals surface area contributed by atoms with Crippen LogP contribution in [0.2, 0.25) is 0 Å². The molecular formula is C61H43N. The molecule has 1 heteroatoms. The van der Waals surface area contributed by atoms with E-state index in [9.17, 15) is 0 Å². The van der Waals surface area contributed by atoms with Gasteiger partial charge >= 0.3 is 0 Å². The van der Waals surface area contributed by atoms with Crippen LogP contribution in [0.3, 0.4) is 0 Å². The third kappa shape index (κ3) is 5.62. The second-order valence-electron chi connectivity index (χ2n) is 17.2. The summed E-state index contributed by atoms with van der Waals surface area (Å²) >= 11 is 0. The number of para-hydroxylation sites is 2. The molecule has 0 radical (unpaired) electrons. The van der Waals surface area contributed by atoms with E-state index in [0.29, 0.717) is 0 Å². The summed E-state index contributed by atoms with van der Waals surface area (Å²) < 4.78 is 0. The standard InChI is InChI=1S/C61H43N/c1-61(2)55-38-44(40-17-5-3-6-18-40)32-34-50(55)51-36-33-46(39-56(51)61)62(57-27-15-13-23-47(57)41-19-7-4-8-20-41)58-28-16-14-26-52(58)54-37-45-22-10-12-25-49(45)60-53(54)35-31-43-30-29-42-21-9-11-24-48(42)59(43)60/h3-39H,1-2H3. The van der Waals surface area contributed by atoms with E-state index in [4.69, 9.17) is 0 Å². The maximum atomic E-state index is 2.52. The van der Waals surface area contributed by atoms with Gasteiger partial charge in [-0.25, -0.2) is 0 Å². The molecule has 0 unspecified atom stereocenters. The first-order valence-corrected chi connectivity index (χ1v) is 21.7. The molecule has 0 aliphatic heterocycles. The van der Waals surface area contributed by atoms with Gasteiger partial charge in [-0.3, -0.25) is 0 Å². The van der Waals surface area contributed by atoms with Gasteiger partial charge in [0.2, 0.25) is 0 Å². The number of rotatable bonds is 6. The average Bonchev–Trinajstić information content (AvgIpc) is 3.56. The van der Waals surface area contributed by atoms with Gasteiger partial charge in [0.25, 0.3) is 0 Å². The van der Waals surface area contributed by atoms with Gasteiger partial charge < -0.3 is 4.90 Å². The van der Waals surface area contributed by atoms with Gasteiger partial charge in [-0.1, -0.05) is 202 Å². The van der Waals surface area contributed by atoms with Crippen molar-refractivity contribution in [3.8, 4) is 44.5 Å². The first kappa shape index (κ1) is 36.1. The van der Waals surface area contributed by atoms with E-state index >= 15 is 0 Å². The molecule has 0 saturated carbocycles. The molecule has 0 saturated heterocycles. The quantitative estimate of drug-likeness (QED) is 0.152. The summed E-state index contributed by atoms with van der Waals surface area (Å²) in [6.07, 6.45) is 0. The lowest BCUT2D eigenvalue weighted by atomic mass is 9.81. The normalized spacial score (nSPS) is 12.8. The van der Waals surface area contributed by atoms with Gasteiger partial charge in [-0.15, -0.1) is 0 Å². The number of nitrogens with zero attached hydrogens (tertiary/aromatic N) is 1. The largest absolute Gasteiger partial charge is 0.309 e. The van der Waals surface area contributed by atoms with Crippen LogP contribution < -0.4 is 4.90 Å². The number of benzene rings is 11. The number of hydrogen-bond acceptors (Lipinski definition) is 1. The van der Waals surface area contributed by atoms with E-state index in [0.717, 1.165) is 17.1 Å². The minimum absolute atomic E-state index is 0.214. The lowest BCUT2D eigenvalue weighted by Gasteiger charge is -2.31. The fourth-order valence-corrected chi connectivity index (χ4v) is 10.4. The molecule has 1 aliphatic carbocycles. The second-order valence-corrected chi connectivity index (χ2v) is 17.2. The second kappa shape index (κ2) is 14.2. The van der Waals surface area contributed by atoms with E-state index in [1.807, 2.05) is 0 Å². The Hall–Kier alpha value is -7.74. The smallest absolute Gasteiger partial charge is 0.0540 e. The third-order valence-corrected chi connectivity index (χ3v) is 13.4. The predicted molar refractivity (Wildman–Crippen MR) is 265 cm³/mol. The van der Waals surface area contributed by atoms with Crippen LogP contribution in [0.4, 0.5) is 17.1 Å². The molecule has 0 aromatic heterocycles. The molecule has 0 amide bonds. The van der Waals surface area contributed by atoms with Crippen molar-refractivity contribution in [2.75, 3.05) is 4.90 Å². The van der Waals surface area contributed by atoms with Gasteiger partial charge in [0, 0.05) is 22.2 Å². The molecule has 1 nitrogen and oxygen atoms in total. The SMILES string of the molecule is CC1(C)c2cc(-c3ccccc3)ccc2-c2ccc(N(c3ccccc3-c3ccccc3)c3ccccc3-c3cc4ccccc4c4c3ccc3ccc5ccccc5c34)cc21. The maximum Gasteiger partial charge on any atom is 0.0540 e. The Morgan fingerprint density at radius 3 is 1.61 bits per heavy atom. The molecule has 0 spiro atoms. The molecule has 0 bridgehead atoms. The molecule has 0 heterocycles. The monoisotopic (exact) mass is 789 g/mol. The Kier molecular flexibility index (Phi) is 8.27. The van der Waals surface area contributed by atoms with E-state index in [1.165, 1.54) is 98.7 Å². The summed E-state index contributed by atoms with van der Waals surface area (Å²) in [5.41, 5.74) is 15.8. The molecule has 0 N–H and O–H groups in total. The molecule has 62 heavy (non-hydrogen) atoms. The summed E-state index contributed by atoms with van der Waals surface area (Å²) in [6.45, 7) is 4.78. The molecule has 11 aromatic carbocycles. The Morgan fingerprint density at radius 1 is 0.306 bits per heavy atom. The summed E-state index contributed by atoms with van der Waals surface area (Å²) in [7, 11) is 0. The third-order valence-electron chi connectivity index (χ3n) is 13.4. The zero-order chi connectivity index (χ0) is 41.4. The Morgan fingerprint density at radius 2 is 0.855 bits per heavy atom. The maximum absolute atomic E-state index is 2.52. The van der Waals surface area contributed by atoms with Crippen LogP contribution in [0.25, 0.3) is 87.6 Å². The van der Waals surface area contributed by atoms with Crippen molar-refractivity contribution in [2.45, 2.75) is 19.3 Å². The highest BCUT2D eigenvalue weighted by Crippen LogP contribution is 2.53. The molecule has 0 fully saturated rings. The van der Waals surface area contributed by atoms with Crippen molar-refractivity contribution >= 4 is 60.2 Å². The number of fused-ring (bicyclic) bond motifs is 10. The summed E-state index contributed by atoms with van der Waals surface area (Å²) in [5, 5.41) is 10.1. The molecule has 1 aliphatic rings. The minimum atomic E-state index is -0.214. The Balaban J connectivity index is 1.12. The fraction of sp³-hybridized carbons (Fsp3) is 0.0492. The van der Waals surface area contributed by atoms with Crippen LogP contribution >= 0.6 is 0 Å². The zero-order valence-corrected chi connectivity index (χ0v) is 34.8. The predicted octanol–water partition coefficient (Wildman–Crippen LogP) is 17.1. The number of hydrogen-bond donors (Lipinski definition) is 0. The Labute approximate surface area is 362 Å². The summed E-state index contributed by atoms with van der Waals surface area (Å²) in [4.78, 5) is 2.52. The summed E-state index contributed by atoms with van der Waals surface area (Å²) in [5.74, 6) is 0. The van der Waals surface area contributed by atoms with Crippen molar-refractivity contribution < 1.29 is 0 Å². The van der Waals surface area contributed by atoms with Gasteiger partial charge in [0.15, 0.2) is 0 Å². The molecule has 292 valence electrons. The molecular weight excluding hydrogens is 747 g/mol. The van der Waals surface area contributed by atoms with E-state index in [-0.39, 0.29) is 5.41 Å². The number of anilines is 3. The van der Waals surface area contributed by atoms with Crippen molar-refractivity contribution in [3.63, 3.8) is 0 Å². The lowest BCUT2D eigenvalue weighted by Crippen LogP contribution is -2.17. The van der Waals surface area contributed by atoms with Crippen molar-refractivity contribution in [2.24, 2.45) is 0 Å². The highest BCUT2D eigenvalue weighted by Gasteiger charge is 2.36. The van der Waals surface area contributed by atoms with Crippen LogP contribution in [-0.2, 0) is 5.41 Å². The van der Waals surface area contributed by atoms with Gasteiger partial charge in [0.05, 0.1) is 11.4 Å². The highest BCUT2D eigenvalue weighted by atomic mass is 15.1. The molecule has 12 rings (SSSR count). The van der Waals surface area contributed by atoms with E-state index < -0.39 is 0 Å². The van der Waals surface area contributed by atoms with Crippen molar-refractivity contribution in [1.29, 1.82) is 0 Å². The Bertz CT molecular complexity index is 3540. The van der Waals surface area contributed by atoms with Gasteiger partial charge in [0.1, 0.15) is 0 Å². The van der Waals surface area contributed by atoms with Gasteiger partial charge in [-0.2, -0.15) is 0 Å². The highest BCUT2D eigenvalue weighted by molar-refractivity contribution is 6.30. The van der Waals surface area contributed by atoms with Crippen LogP contribution in [0, 0.1) is 0 Å². The topological polar surface area (TPSA) is 3.24 Å².